The second-order valence-corrected chi connectivity index (χ2v) is 3.85. The molecule has 0 aliphatic heterocycles. The van der Waals surface area contributed by atoms with Crippen LogP contribution < -0.4 is 4.74 Å². The van der Waals surface area contributed by atoms with Crippen molar-refractivity contribution in [3.05, 3.63) is 32.3 Å². The van der Waals surface area contributed by atoms with Crippen LogP contribution in [0.25, 0.3) is 0 Å². The van der Waals surface area contributed by atoms with Gasteiger partial charge >= 0.3 is 0 Å². The number of hydrogen-bond acceptors (Lipinski definition) is 4. The van der Waals surface area contributed by atoms with Gasteiger partial charge in [-0.2, -0.15) is 0 Å². The zero-order valence-electron chi connectivity index (χ0n) is 8.82. The van der Waals surface area contributed by atoms with Gasteiger partial charge in [0.15, 0.2) is 5.78 Å². The van der Waals surface area contributed by atoms with Crippen molar-refractivity contribution in [3.63, 3.8) is 0 Å². The molecule has 0 heterocycles. The van der Waals surface area contributed by atoms with Crippen molar-refractivity contribution in [2.75, 3.05) is 6.61 Å². The number of halogens is 1. The van der Waals surface area contributed by atoms with Crippen LogP contribution in [0, 0.1) is 10.1 Å². The third-order valence-corrected chi connectivity index (χ3v) is 2.72. The van der Waals surface area contributed by atoms with E-state index in [0.29, 0.717) is 12.4 Å². The molecule has 0 spiro atoms. The SMILES string of the molecule is CCOc1cc(C(C)=O)cc([N+](=O)[O-])c1Br. The van der Waals surface area contributed by atoms with Gasteiger partial charge in [-0.25, -0.2) is 0 Å². The molecule has 5 nitrogen and oxygen atoms in total. The van der Waals surface area contributed by atoms with Gasteiger partial charge in [0.1, 0.15) is 10.2 Å². The Morgan fingerprint density at radius 3 is 2.62 bits per heavy atom. The monoisotopic (exact) mass is 287 g/mol. The average Bonchev–Trinajstić information content (AvgIpc) is 2.20. The minimum atomic E-state index is -0.557. The van der Waals surface area contributed by atoms with Gasteiger partial charge in [0.05, 0.1) is 11.5 Å². The normalized spacial score (nSPS) is 9.94. The van der Waals surface area contributed by atoms with Crippen LogP contribution in [-0.2, 0) is 0 Å². The molecule has 6 heteroatoms. The fourth-order valence-corrected chi connectivity index (χ4v) is 1.67. The number of rotatable bonds is 4. The van der Waals surface area contributed by atoms with Gasteiger partial charge in [0, 0.05) is 11.6 Å². The number of carbonyl (C=O) groups excluding carboxylic acids is 1. The molecule has 1 rings (SSSR count). The molecule has 0 aliphatic carbocycles. The molecule has 1 aromatic rings. The van der Waals surface area contributed by atoms with Gasteiger partial charge < -0.3 is 4.74 Å². The van der Waals surface area contributed by atoms with Crippen molar-refractivity contribution in [2.45, 2.75) is 13.8 Å². The van der Waals surface area contributed by atoms with E-state index >= 15 is 0 Å². The van der Waals surface area contributed by atoms with Crippen LogP contribution in [-0.4, -0.2) is 17.3 Å². The quantitative estimate of drug-likeness (QED) is 0.485. The summed E-state index contributed by atoms with van der Waals surface area (Å²) in [6, 6.07) is 2.72. The number of nitro benzene ring substituents is 1. The molecule has 0 amide bonds. The maximum absolute atomic E-state index is 11.2. The molecule has 86 valence electrons. The molecular weight excluding hydrogens is 278 g/mol. The average molecular weight is 288 g/mol. The number of nitrogens with zero attached hydrogens (tertiary/aromatic N) is 1. The Hall–Kier alpha value is -1.43. The van der Waals surface area contributed by atoms with E-state index in [1.807, 2.05) is 0 Å². The molecule has 0 fully saturated rings. The molecule has 0 bridgehead atoms. The summed E-state index contributed by atoms with van der Waals surface area (Å²) < 4.78 is 5.47. The molecule has 0 radical (unpaired) electrons. The third-order valence-electron chi connectivity index (χ3n) is 1.92. The van der Waals surface area contributed by atoms with E-state index in [1.54, 1.807) is 6.92 Å². The largest absolute Gasteiger partial charge is 0.492 e. The number of nitro groups is 1. The predicted molar refractivity (Wildman–Crippen MR) is 62.0 cm³/mol. The molecule has 0 saturated carbocycles. The molecular formula is C10H10BrNO4. The van der Waals surface area contributed by atoms with Crippen molar-refractivity contribution in [1.82, 2.24) is 0 Å². The topological polar surface area (TPSA) is 69.4 Å². The summed E-state index contributed by atoms with van der Waals surface area (Å²) in [6.07, 6.45) is 0. The Kier molecular flexibility index (Phi) is 4.00. The highest BCUT2D eigenvalue weighted by Gasteiger charge is 2.19. The fourth-order valence-electron chi connectivity index (χ4n) is 1.18. The van der Waals surface area contributed by atoms with Gasteiger partial charge in [-0.15, -0.1) is 0 Å². The van der Waals surface area contributed by atoms with E-state index < -0.39 is 4.92 Å². The summed E-state index contributed by atoms with van der Waals surface area (Å²) in [5.41, 5.74) is 0.0921. The standard InChI is InChI=1S/C10H10BrNO4/c1-3-16-9-5-7(6(2)13)4-8(10(9)11)12(14)15/h4-5H,3H2,1-2H3. The van der Waals surface area contributed by atoms with Crippen molar-refractivity contribution >= 4 is 27.4 Å². The van der Waals surface area contributed by atoms with Crippen LogP contribution in [0.2, 0.25) is 0 Å². The van der Waals surface area contributed by atoms with Gasteiger partial charge in [-0.05, 0) is 35.8 Å². The lowest BCUT2D eigenvalue weighted by atomic mass is 10.1. The molecule has 16 heavy (non-hydrogen) atoms. The first-order chi connectivity index (χ1) is 7.47. The minimum absolute atomic E-state index is 0.170. The summed E-state index contributed by atoms with van der Waals surface area (Å²) in [6.45, 7) is 3.48. The highest BCUT2D eigenvalue weighted by Crippen LogP contribution is 2.35. The van der Waals surface area contributed by atoms with E-state index in [4.69, 9.17) is 4.74 Å². The smallest absolute Gasteiger partial charge is 0.288 e. The van der Waals surface area contributed by atoms with E-state index in [1.165, 1.54) is 19.1 Å². The minimum Gasteiger partial charge on any atom is -0.492 e. The molecule has 0 aromatic heterocycles. The summed E-state index contributed by atoms with van der Waals surface area (Å²) >= 11 is 3.09. The Bertz CT molecular complexity index is 445. The molecule has 0 atom stereocenters. The number of benzene rings is 1. The van der Waals surface area contributed by atoms with Gasteiger partial charge in [-0.3, -0.25) is 14.9 Å². The number of ether oxygens (including phenoxy) is 1. The van der Waals surface area contributed by atoms with Crippen molar-refractivity contribution in [3.8, 4) is 5.75 Å². The molecule has 0 aliphatic rings. The first-order valence-corrected chi connectivity index (χ1v) is 5.38. The second kappa shape index (κ2) is 5.07. The Morgan fingerprint density at radius 2 is 2.19 bits per heavy atom. The van der Waals surface area contributed by atoms with Crippen molar-refractivity contribution < 1.29 is 14.5 Å². The van der Waals surface area contributed by atoms with Crippen LogP contribution in [0.5, 0.6) is 5.75 Å². The van der Waals surface area contributed by atoms with E-state index in [9.17, 15) is 14.9 Å². The summed E-state index contributed by atoms with van der Waals surface area (Å²) in [5, 5.41) is 10.8. The lowest BCUT2D eigenvalue weighted by Gasteiger charge is -2.07. The van der Waals surface area contributed by atoms with Gasteiger partial charge in [0.2, 0.25) is 0 Å². The van der Waals surface area contributed by atoms with Crippen molar-refractivity contribution in [2.24, 2.45) is 0 Å². The number of carbonyl (C=O) groups is 1. The van der Waals surface area contributed by atoms with Crippen molar-refractivity contribution in [1.29, 1.82) is 0 Å². The van der Waals surface area contributed by atoms with Crippen LogP contribution in [0.1, 0.15) is 24.2 Å². The molecule has 0 saturated heterocycles. The first-order valence-electron chi connectivity index (χ1n) is 4.59. The number of Topliss-reactive ketones (excluding diaryl/α,β-unsaturated/α-hetero) is 1. The summed E-state index contributed by atoms with van der Waals surface area (Å²) in [7, 11) is 0. The predicted octanol–water partition coefficient (Wildman–Crippen LogP) is 2.96. The maximum atomic E-state index is 11.2. The Balaban J connectivity index is 3.38. The zero-order chi connectivity index (χ0) is 12.3. The lowest BCUT2D eigenvalue weighted by molar-refractivity contribution is -0.385. The van der Waals surface area contributed by atoms with Crippen LogP contribution >= 0.6 is 15.9 Å². The molecule has 0 N–H and O–H groups in total. The van der Waals surface area contributed by atoms with E-state index in [-0.39, 0.29) is 21.5 Å². The lowest BCUT2D eigenvalue weighted by Crippen LogP contribution is -2.00. The van der Waals surface area contributed by atoms with E-state index in [2.05, 4.69) is 15.9 Å². The van der Waals surface area contributed by atoms with Gasteiger partial charge in [-0.1, -0.05) is 0 Å². The Morgan fingerprint density at radius 1 is 1.56 bits per heavy atom. The fraction of sp³-hybridized carbons (Fsp3) is 0.300. The first kappa shape index (κ1) is 12.6. The van der Waals surface area contributed by atoms with Crippen LogP contribution in [0.4, 0.5) is 5.69 Å². The van der Waals surface area contributed by atoms with Crippen LogP contribution in [0.3, 0.4) is 0 Å². The Labute approximate surface area is 101 Å². The third kappa shape index (κ3) is 2.57. The molecule has 1 aromatic carbocycles. The van der Waals surface area contributed by atoms with Crippen LogP contribution in [0.15, 0.2) is 16.6 Å². The number of hydrogen-bond donors (Lipinski definition) is 0. The van der Waals surface area contributed by atoms with E-state index in [0.717, 1.165) is 0 Å². The highest BCUT2D eigenvalue weighted by atomic mass is 79.9. The second-order valence-electron chi connectivity index (χ2n) is 3.05. The summed E-state index contributed by atoms with van der Waals surface area (Å²) in [4.78, 5) is 21.4. The zero-order valence-corrected chi connectivity index (χ0v) is 10.4. The van der Waals surface area contributed by atoms with Gasteiger partial charge in [0.25, 0.3) is 5.69 Å². The maximum Gasteiger partial charge on any atom is 0.288 e. The summed E-state index contributed by atoms with van der Waals surface area (Å²) in [5.74, 6) is 0.0680. The molecule has 0 unspecified atom stereocenters. The highest BCUT2D eigenvalue weighted by molar-refractivity contribution is 9.10. The number of ketones is 1.